The highest BCUT2D eigenvalue weighted by atomic mass is 32.2. The number of carboxylic acid groups (broad SMARTS) is 1. The maximum Gasteiger partial charge on any atom is 0.332 e. The molecule has 1 aliphatic rings. The first kappa shape index (κ1) is 22.5. The molecule has 0 radical (unpaired) electrons. The van der Waals surface area contributed by atoms with Gasteiger partial charge in [-0.15, -0.1) is 0 Å². The van der Waals surface area contributed by atoms with Crippen molar-refractivity contribution in [3.63, 3.8) is 0 Å². The number of β-amino-alcohol motifs (C(OH)–C–C–N with tert-alkyl or cyclic N) is 1. The Morgan fingerprint density at radius 3 is 1.95 bits per heavy atom. The van der Waals surface area contributed by atoms with Crippen molar-refractivity contribution >= 4 is 16.1 Å². The molecule has 0 aromatic heterocycles. The highest BCUT2D eigenvalue weighted by molar-refractivity contribution is 7.85. The zero-order valence-electron chi connectivity index (χ0n) is 12.4. The number of aliphatic hydroxyl groups is 2. The molecule has 21 heavy (non-hydrogen) atoms. The molecule has 1 rings (SSSR count). The van der Waals surface area contributed by atoms with Gasteiger partial charge in [0.2, 0.25) is 0 Å². The Hall–Kier alpha value is -0.780. The van der Waals surface area contributed by atoms with E-state index in [2.05, 4.69) is 10.2 Å². The fourth-order valence-corrected chi connectivity index (χ4v) is 1.08. The second kappa shape index (κ2) is 12.9. The van der Waals surface area contributed by atoms with Crippen molar-refractivity contribution in [2.75, 3.05) is 45.1 Å². The normalized spacial score (nSPS) is 16.8. The van der Waals surface area contributed by atoms with Crippen LogP contribution in [0.1, 0.15) is 13.8 Å². The number of hydrogen-bond donors (Lipinski definition) is 5. The Morgan fingerprint density at radius 2 is 1.71 bits per heavy atom. The smallest absolute Gasteiger partial charge is 0.332 e. The lowest BCUT2D eigenvalue weighted by Crippen LogP contribution is -2.44. The van der Waals surface area contributed by atoms with Crippen LogP contribution in [0.4, 0.5) is 0 Å². The minimum atomic E-state index is -3.66. The largest absolute Gasteiger partial charge is 0.479 e. The van der Waals surface area contributed by atoms with Gasteiger partial charge in [0.05, 0.1) is 12.4 Å². The number of rotatable bonds is 4. The number of aliphatic carboxylic acids is 1. The molecule has 0 spiro atoms. The molecular weight excluding hydrogens is 304 g/mol. The topological polar surface area (TPSA) is 147 Å². The van der Waals surface area contributed by atoms with Crippen LogP contribution in [0.2, 0.25) is 0 Å². The van der Waals surface area contributed by atoms with E-state index < -0.39 is 22.2 Å². The van der Waals surface area contributed by atoms with Gasteiger partial charge >= 0.3 is 5.97 Å². The second-order valence-electron chi connectivity index (χ2n) is 4.20. The molecule has 0 aromatic rings. The van der Waals surface area contributed by atoms with Crippen LogP contribution in [0, 0.1) is 0 Å². The van der Waals surface area contributed by atoms with E-state index in [1.165, 1.54) is 13.8 Å². The molecule has 0 aliphatic carbocycles. The molecule has 1 saturated heterocycles. The molecule has 10 heteroatoms. The van der Waals surface area contributed by atoms with Crippen LogP contribution in [0.25, 0.3) is 0 Å². The molecule has 1 fully saturated rings. The van der Waals surface area contributed by atoms with E-state index in [0.29, 0.717) is 6.61 Å². The van der Waals surface area contributed by atoms with E-state index >= 15 is 0 Å². The summed E-state index contributed by atoms with van der Waals surface area (Å²) in [5.74, 6) is -1.39. The number of carboxylic acids is 1. The fraction of sp³-hybridized carbons (Fsp3) is 0.909. The predicted octanol–water partition coefficient (Wildman–Crippen LogP) is -1.77. The van der Waals surface area contributed by atoms with Crippen LogP contribution in [-0.4, -0.2) is 90.3 Å². The molecule has 0 amide bonds. The number of carbonyl (C=O) groups is 1. The zero-order chi connectivity index (χ0) is 16.9. The Labute approximate surface area is 125 Å². The number of nitrogens with one attached hydrogen (secondary N) is 1. The lowest BCUT2D eigenvalue weighted by atomic mass is 10.4. The molecule has 1 unspecified atom stereocenters. The summed E-state index contributed by atoms with van der Waals surface area (Å²) in [7, 11) is -3.66. The maximum atomic E-state index is 9.56. The molecule has 1 heterocycles. The van der Waals surface area contributed by atoms with Crippen molar-refractivity contribution in [3.05, 3.63) is 0 Å². The molecule has 1 atom stereocenters. The van der Waals surface area contributed by atoms with Crippen molar-refractivity contribution in [1.82, 2.24) is 10.2 Å². The van der Waals surface area contributed by atoms with Gasteiger partial charge in [0.25, 0.3) is 10.1 Å². The van der Waals surface area contributed by atoms with E-state index in [-0.39, 0.29) is 5.75 Å². The standard InChI is InChI=1S/C6H14N2O.C3H6O3.C2H6O3S/c9-6-5-8-3-1-7-2-4-8;1-2(4)3(5)6;1-2-6(3,4)5/h7,9H,1-6H2;2,4H,1H3,(H,5,6);2H2,1H3,(H,3,4,5). The minimum absolute atomic E-state index is 0.201. The van der Waals surface area contributed by atoms with E-state index in [1.807, 2.05) is 0 Å². The predicted molar refractivity (Wildman–Crippen MR) is 77.8 cm³/mol. The molecule has 0 bridgehead atoms. The molecule has 0 saturated carbocycles. The molecule has 0 aromatic carbocycles. The van der Waals surface area contributed by atoms with Crippen molar-refractivity contribution in [3.8, 4) is 0 Å². The third-order valence-electron chi connectivity index (χ3n) is 2.35. The van der Waals surface area contributed by atoms with Crippen LogP contribution < -0.4 is 5.32 Å². The lowest BCUT2D eigenvalue weighted by Gasteiger charge is -2.25. The third-order valence-corrected chi connectivity index (χ3v) is 3.08. The van der Waals surface area contributed by atoms with Gasteiger partial charge in [-0.2, -0.15) is 8.42 Å². The van der Waals surface area contributed by atoms with Crippen LogP contribution in [-0.2, 0) is 14.9 Å². The van der Waals surface area contributed by atoms with E-state index in [4.69, 9.17) is 19.9 Å². The minimum Gasteiger partial charge on any atom is -0.479 e. The zero-order valence-corrected chi connectivity index (χ0v) is 13.2. The summed E-state index contributed by atoms with van der Waals surface area (Å²) >= 11 is 0. The summed E-state index contributed by atoms with van der Waals surface area (Å²) in [4.78, 5) is 11.7. The Morgan fingerprint density at radius 1 is 1.33 bits per heavy atom. The van der Waals surface area contributed by atoms with Gasteiger partial charge in [-0.25, -0.2) is 4.79 Å². The Kier molecular flexibility index (Phi) is 13.8. The molecule has 9 nitrogen and oxygen atoms in total. The lowest BCUT2D eigenvalue weighted by molar-refractivity contribution is -0.145. The highest BCUT2D eigenvalue weighted by Crippen LogP contribution is 1.88. The van der Waals surface area contributed by atoms with Crippen LogP contribution >= 0.6 is 0 Å². The van der Waals surface area contributed by atoms with Crippen LogP contribution in [0.15, 0.2) is 0 Å². The van der Waals surface area contributed by atoms with Crippen LogP contribution in [0.5, 0.6) is 0 Å². The van der Waals surface area contributed by atoms with Gasteiger partial charge in [0, 0.05) is 32.7 Å². The first-order chi connectivity index (χ1) is 9.64. The summed E-state index contributed by atoms with van der Waals surface area (Å²) in [6.45, 7) is 8.00. The monoisotopic (exact) mass is 330 g/mol. The van der Waals surface area contributed by atoms with E-state index in [1.54, 1.807) is 0 Å². The molecule has 1 aliphatic heterocycles. The maximum absolute atomic E-state index is 9.56. The van der Waals surface area contributed by atoms with E-state index in [0.717, 1.165) is 32.7 Å². The Balaban J connectivity index is 0. The summed E-state index contributed by atoms with van der Waals surface area (Å²) in [5, 5.41) is 27.6. The summed E-state index contributed by atoms with van der Waals surface area (Å²) in [6.07, 6.45) is -1.23. The quantitative estimate of drug-likeness (QED) is 0.378. The fourth-order valence-electron chi connectivity index (χ4n) is 1.08. The van der Waals surface area contributed by atoms with Gasteiger partial charge in [-0.05, 0) is 13.8 Å². The number of piperazine rings is 1. The average molecular weight is 330 g/mol. The first-order valence-corrected chi connectivity index (χ1v) is 8.14. The molecule has 128 valence electrons. The van der Waals surface area contributed by atoms with Gasteiger partial charge in [-0.3, -0.25) is 9.45 Å². The molecular formula is C11H26N2O7S. The summed E-state index contributed by atoms with van der Waals surface area (Å²) in [6, 6.07) is 0. The average Bonchev–Trinajstić information content (AvgIpc) is 2.41. The van der Waals surface area contributed by atoms with Gasteiger partial charge in [0.15, 0.2) is 0 Å². The van der Waals surface area contributed by atoms with Gasteiger partial charge < -0.3 is 20.6 Å². The van der Waals surface area contributed by atoms with Crippen molar-refractivity contribution < 1.29 is 33.1 Å². The molecule has 5 N–H and O–H groups in total. The van der Waals surface area contributed by atoms with Crippen LogP contribution in [0.3, 0.4) is 0 Å². The number of nitrogens with zero attached hydrogens (tertiary/aromatic N) is 1. The third kappa shape index (κ3) is 19.2. The number of hydrogen-bond acceptors (Lipinski definition) is 7. The van der Waals surface area contributed by atoms with Crippen molar-refractivity contribution in [2.45, 2.75) is 20.0 Å². The summed E-state index contributed by atoms with van der Waals surface area (Å²) < 4.78 is 26.9. The SMILES string of the molecule is CC(O)C(=O)O.CCS(=O)(=O)O.OCCN1CCNCC1. The van der Waals surface area contributed by atoms with Gasteiger partial charge in [0.1, 0.15) is 6.10 Å². The Bertz CT molecular complexity index is 351. The van der Waals surface area contributed by atoms with E-state index in [9.17, 15) is 13.2 Å². The first-order valence-electron chi connectivity index (χ1n) is 6.54. The van der Waals surface area contributed by atoms with Gasteiger partial charge in [-0.1, -0.05) is 0 Å². The second-order valence-corrected chi connectivity index (χ2v) is 5.94. The van der Waals surface area contributed by atoms with Crippen molar-refractivity contribution in [1.29, 1.82) is 0 Å². The summed E-state index contributed by atoms with van der Waals surface area (Å²) in [5.41, 5.74) is 0. The number of aliphatic hydroxyl groups excluding tert-OH is 2. The van der Waals surface area contributed by atoms with Crippen molar-refractivity contribution in [2.24, 2.45) is 0 Å². The highest BCUT2D eigenvalue weighted by Gasteiger charge is 2.06.